The lowest BCUT2D eigenvalue weighted by Crippen LogP contribution is -2.27. The maximum absolute atomic E-state index is 12.3. The van der Waals surface area contributed by atoms with Crippen molar-refractivity contribution in [3.05, 3.63) is 64.6 Å². The van der Waals surface area contributed by atoms with E-state index in [2.05, 4.69) is 39.4 Å². The zero-order chi connectivity index (χ0) is 21.5. The quantitative estimate of drug-likeness (QED) is 0.427. The molecule has 0 spiro atoms. The van der Waals surface area contributed by atoms with Crippen LogP contribution in [0.3, 0.4) is 0 Å². The van der Waals surface area contributed by atoms with Crippen LogP contribution in [-0.2, 0) is 0 Å². The summed E-state index contributed by atoms with van der Waals surface area (Å²) in [5, 5.41) is 5.99. The number of carbonyl (C=O) groups is 1. The molecule has 9 nitrogen and oxygen atoms in total. The molecule has 0 unspecified atom stereocenters. The number of primary amides is 1. The lowest BCUT2D eigenvalue weighted by Gasteiger charge is -2.12. The van der Waals surface area contributed by atoms with Crippen LogP contribution in [0.15, 0.2) is 53.5 Å². The molecule has 0 bridgehead atoms. The largest absolute Gasteiger partial charge is 0.439 e. The highest BCUT2D eigenvalue weighted by Crippen LogP contribution is 2.22. The first-order valence-corrected chi connectivity index (χ1v) is 9.56. The third kappa shape index (κ3) is 5.57. The maximum Gasteiger partial charge on any atom is 0.267 e. The van der Waals surface area contributed by atoms with E-state index in [0.29, 0.717) is 29.8 Å². The van der Waals surface area contributed by atoms with Crippen molar-refractivity contribution in [2.75, 3.05) is 17.2 Å². The Labute approximate surface area is 173 Å². The number of ether oxygens (including phenoxy) is 1. The minimum absolute atomic E-state index is 0.0526. The van der Waals surface area contributed by atoms with Gasteiger partial charge in [0.2, 0.25) is 11.8 Å². The van der Waals surface area contributed by atoms with Gasteiger partial charge in [-0.2, -0.15) is 4.98 Å². The van der Waals surface area contributed by atoms with E-state index in [1.54, 1.807) is 12.1 Å². The van der Waals surface area contributed by atoms with Gasteiger partial charge in [0.05, 0.1) is 11.9 Å². The Bertz CT molecular complexity index is 1050. The van der Waals surface area contributed by atoms with E-state index in [1.165, 1.54) is 6.20 Å². The number of para-hydroxylation sites is 1. The van der Waals surface area contributed by atoms with Crippen LogP contribution in [-0.4, -0.2) is 27.4 Å². The highest BCUT2D eigenvalue weighted by atomic mass is 16.5. The number of nitrogens with zero attached hydrogens (tertiary/aromatic N) is 2. The van der Waals surface area contributed by atoms with Gasteiger partial charge in [-0.1, -0.05) is 32.0 Å². The predicted molar refractivity (Wildman–Crippen MR) is 115 cm³/mol. The van der Waals surface area contributed by atoms with Crippen LogP contribution in [0.25, 0.3) is 0 Å². The Kier molecular flexibility index (Phi) is 6.63. The van der Waals surface area contributed by atoms with E-state index < -0.39 is 11.5 Å². The number of nitrogens with one attached hydrogen (secondary N) is 3. The Balaban J connectivity index is 1.79. The smallest absolute Gasteiger partial charge is 0.267 e. The van der Waals surface area contributed by atoms with E-state index in [0.717, 1.165) is 6.42 Å². The molecule has 0 saturated carbocycles. The van der Waals surface area contributed by atoms with Gasteiger partial charge in [0.25, 0.3) is 11.5 Å². The van der Waals surface area contributed by atoms with Crippen molar-refractivity contribution < 1.29 is 9.53 Å². The molecular weight excluding hydrogens is 384 g/mol. The molecule has 0 aliphatic carbocycles. The molecule has 0 fully saturated rings. The van der Waals surface area contributed by atoms with Gasteiger partial charge in [0.1, 0.15) is 11.3 Å². The number of hydrogen-bond acceptors (Lipinski definition) is 7. The van der Waals surface area contributed by atoms with E-state index in [4.69, 9.17) is 10.5 Å². The van der Waals surface area contributed by atoms with Crippen LogP contribution in [0.5, 0.6) is 11.6 Å². The molecule has 3 aromatic rings. The van der Waals surface area contributed by atoms with Gasteiger partial charge in [-0.05, 0) is 30.5 Å². The first-order chi connectivity index (χ1) is 14.4. The van der Waals surface area contributed by atoms with Crippen molar-refractivity contribution >= 4 is 23.4 Å². The van der Waals surface area contributed by atoms with Gasteiger partial charge >= 0.3 is 0 Å². The fourth-order valence-electron chi connectivity index (χ4n) is 2.62. The number of benzene rings is 1. The van der Waals surface area contributed by atoms with E-state index in [-0.39, 0.29) is 17.3 Å². The molecule has 0 saturated heterocycles. The number of amides is 1. The molecule has 0 aliphatic rings. The SMILES string of the molecule is CC(C)CCNc1nc(Nc2ccc(Oc3ccccc3)nc2)c(C(N)=O)c(=O)[nH]1. The number of hydrogen-bond donors (Lipinski definition) is 4. The minimum atomic E-state index is -0.878. The van der Waals surface area contributed by atoms with Crippen LogP contribution < -0.4 is 26.7 Å². The molecule has 30 heavy (non-hydrogen) atoms. The van der Waals surface area contributed by atoms with Gasteiger partial charge in [-0.3, -0.25) is 14.6 Å². The first-order valence-electron chi connectivity index (χ1n) is 9.56. The van der Waals surface area contributed by atoms with Crippen LogP contribution in [0.4, 0.5) is 17.5 Å². The lowest BCUT2D eigenvalue weighted by atomic mass is 10.1. The van der Waals surface area contributed by atoms with E-state index >= 15 is 0 Å². The molecular formula is C21H24N6O3. The van der Waals surface area contributed by atoms with Crippen molar-refractivity contribution in [3.63, 3.8) is 0 Å². The summed E-state index contributed by atoms with van der Waals surface area (Å²) >= 11 is 0. The number of rotatable bonds is 9. The number of aromatic amines is 1. The predicted octanol–water partition coefficient (Wildman–Crippen LogP) is 3.26. The van der Waals surface area contributed by atoms with Crippen LogP contribution in [0.1, 0.15) is 30.6 Å². The Morgan fingerprint density at radius 1 is 1.20 bits per heavy atom. The number of pyridine rings is 1. The zero-order valence-corrected chi connectivity index (χ0v) is 16.8. The monoisotopic (exact) mass is 408 g/mol. The first kappa shape index (κ1) is 20.8. The van der Waals surface area contributed by atoms with Crippen molar-refractivity contribution in [2.24, 2.45) is 11.7 Å². The summed E-state index contributed by atoms with van der Waals surface area (Å²) in [6.07, 6.45) is 2.41. The van der Waals surface area contributed by atoms with E-state index in [9.17, 15) is 9.59 Å². The van der Waals surface area contributed by atoms with Crippen molar-refractivity contribution in [1.82, 2.24) is 15.0 Å². The third-order valence-electron chi connectivity index (χ3n) is 4.14. The molecule has 3 rings (SSSR count). The molecule has 2 aromatic heterocycles. The summed E-state index contributed by atoms with van der Waals surface area (Å²) in [6, 6.07) is 12.6. The maximum atomic E-state index is 12.3. The number of anilines is 3. The second kappa shape index (κ2) is 9.55. The average Bonchev–Trinajstić information content (AvgIpc) is 2.69. The Hall–Kier alpha value is -3.88. The van der Waals surface area contributed by atoms with Crippen molar-refractivity contribution in [1.29, 1.82) is 0 Å². The van der Waals surface area contributed by atoms with Gasteiger partial charge in [-0.25, -0.2) is 4.98 Å². The fourth-order valence-corrected chi connectivity index (χ4v) is 2.62. The second-order valence-electron chi connectivity index (χ2n) is 7.04. The van der Waals surface area contributed by atoms with Crippen molar-refractivity contribution in [2.45, 2.75) is 20.3 Å². The van der Waals surface area contributed by atoms with Crippen LogP contribution in [0.2, 0.25) is 0 Å². The molecule has 0 radical (unpaired) electrons. The molecule has 2 heterocycles. The van der Waals surface area contributed by atoms with Gasteiger partial charge in [-0.15, -0.1) is 0 Å². The standard InChI is InChI=1S/C21H24N6O3/c1-13(2)10-11-23-21-26-19(17(18(22)28)20(29)27-21)25-14-8-9-16(24-12-14)30-15-6-4-3-5-7-15/h3-9,12-13H,10-11H2,1-2H3,(H2,22,28)(H3,23,25,26,27,29). The molecule has 156 valence electrons. The summed E-state index contributed by atoms with van der Waals surface area (Å²) in [7, 11) is 0. The molecule has 1 aromatic carbocycles. The average molecular weight is 408 g/mol. The highest BCUT2D eigenvalue weighted by molar-refractivity contribution is 5.98. The molecule has 0 atom stereocenters. The fraction of sp³-hybridized carbons (Fsp3) is 0.238. The molecule has 0 aliphatic heterocycles. The Morgan fingerprint density at radius 2 is 1.97 bits per heavy atom. The molecule has 5 N–H and O–H groups in total. The number of aromatic nitrogens is 3. The summed E-state index contributed by atoms with van der Waals surface area (Å²) in [5.41, 5.74) is 5.01. The summed E-state index contributed by atoms with van der Waals surface area (Å²) in [5.74, 6) is 0.986. The topological polar surface area (TPSA) is 135 Å². The Morgan fingerprint density at radius 3 is 2.60 bits per heavy atom. The van der Waals surface area contributed by atoms with Gasteiger partial charge in [0, 0.05) is 12.6 Å². The van der Waals surface area contributed by atoms with E-state index in [1.807, 2.05) is 30.3 Å². The second-order valence-corrected chi connectivity index (χ2v) is 7.04. The normalized spacial score (nSPS) is 10.6. The lowest BCUT2D eigenvalue weighted by molar-refractivity contribution is 0.0999. The summed E-state index contributed by atoms with van der Waals surface area (Å²) in [6.45, 7) is 4.82. The van der Waals surface area contributed by atoms with Crippen LogP contribution >= 0.6 is 0 Å². The highest BCUT2D eigenvalue weighted by Gasteiger charge is 2.17. The number of nitrogens with two attached hydrogens (primary N) is 1. The molecule has 1 amide bonds. The third-order valence-corrected chi connectivity index (χ3v) is 4.14. The minimum Gasteiger partial charge on any atom is -0.439 e. The van der Waals surface area contributed by atoms with Crippen molar-refractivity contribution in [3.8, 4) is 11.6 Å². The zero-order valence-electron chi connectivity index (χ0n) is 16.8. The number of H-pyrrole nitrogens is 1. The van der Waals surface area contributed by atoms with Crippen LogP contribution in [0, 0.1) is 5.92 Å². The number of carbonyl (C=O) groups excluding carboxylic acids is 1. The summed E-state index contributed by atoms with van der Waals surface area (Å²) in [4.78, 5) is 35.2. The molecule has 9 heteroatoms. The summed E-state index contributed by atoms with van der Waals surface area (Å²) < 4.78 is 5.65. The van der Waals surface area contributed by atoms with Gasteiger partial charge < -0.3 is 21.1 Å². The van der Waals surface area contributed by atoms with Gasteiger partial charge in [0.15, 0.2) is 5.82 Å².